The highest BCUT2D eigenvalue weighted by Crippen LogP contribution is 2.28. The van der Waals surface area contributed by atoms with Crippen molar-refractivity contribution in [1.82, 2.24) is 10.2 Å². The fourth-order valence-corrected chi connectivity index (χ4v) is 4.53. The zero-order chi connectivity index (χ0) is 26.3. The molecule has 192 valence electrons. The first-order valence-electron chi connectivity index (χ1n) is 11.3. The quantitative estimate of drug-likeness (QED) is 0.485. The van der Waals surface area contributed by atoms with Crippen LogP contribution < -0.4 is 14.4 Å². The average molecular weight is 524 g/mol. The van der Waals surface area contributed by atoms with E-state index in [0.29, 0.717) is 28.6 Å². The Balaban J connectivity index is 2.43. The van der Waals surface area contributed by atoms with Crippen LogP contribution in [0.2, 0.25) is 5.02 Å². The molecule has 2 amide bonds. The molecular formula is C25H34ClN3O5S. The molecule has 1 atom stereocenters. The summed E-state index contributed by atoms with van der Waals surface area (Å²) < 4.78 is 31.7. The van der Waals surface area contributed by atoms with E-state index in [1.165, 1.54) is 4.90 Å². The third-order valence-electron chi connectivity index (χ3n) is 5.53. The van der Waals surface area contributed by atoms with Crippen LogP contribution in [0, 0.1) is 12.8 Å². The van der Waals surface area contributed by atoms with Crippen molar-refractivity contribution >= 4 is 39.1 Å². The van der Waals surface area contributed by atoms with E-state index in [-0.39, 0.29) is 18.4 Å². The second-order valence-electron chi connectivity index (χ2n) is 8.84. The van der Waals surface area contributed by atoms with Gasteiger partial charge in [0.2, 0.25) is 21.8 Å². The lowest BCUT2D eigenvalue weighted by Gasteiger charge is -2.32. The number of rotatable bonds is 11. The molecule has 0 aliphatic carbocycles. The summed E-state index contributed by atoms with van der Waals surface area (Å²) in [5.74, 6) is 0.00366. The van der Waals surface area contributed by atoms with Gasteiger partial charge in [-0.3, -0.25) is 13.9 Å². The van der Waals surface area contributed by atoms with Gasteiger partial charge in [0.05, 0.1) is 19.1 Å². The van der Waals surface area contributed by atoms with Crippen molar-refractivity contribution in [3.05, 3.63) is 58.6 Å². The minimum Gasteiger partial charge on any atom is -0.497 e. The summed E-state index contributed by atoms with van der Waals surface area (Å²) in [5.41, 5.74) is 1.59. The van der Waals surface area contributed by atoms with E-state index in [4.69, 9.17) is 16.3 Å². The summed E-state index contributed by atoms with van der Waals surface area (Å²) in [7, 11) is -2.29. The molecular weight excluding hydrogens is 490 g/mol. The van der Waals surface area contributed by atoms with Gasteiger partial charge in [-0.05, 0) is 55.2 Å². The molecule has 0 radical (unpaired) electrons. The molecule has 0 aliphatic rings. The van der Waals surface area contributed by atoms with Crippen LogP contribution in [0.25, 0.3) is 0 Å². The topological polar surface area (TPSA) is 96.0 Å². The lowest BCUT2D eigenvalue weighted by Crippen LogP contribution is -2.51. The van der Waals surface area contributed by atoms with Gasteiger partial charge in [0.15, 0.2) is 0 Å². The Labute approximate surface area is 213 Å². The van der Waals surface area contributed by atoms with Crippen LogP contribution in [-0.2, 0) is 26.2 Å². The van der Waals surface area contributed by atoms with Gasteiger partial charge in [-0.15, -0.1) is 0 Å². The van der Waals surface area contributed by atoms with E-state index >= 15 is 0 Å². The van der Waals surface area contributed by atoms with Gasteiger partial charge in [0.1, 0.15) is 18.3 Å². The van der Waals surface area contributed by atoms with E-state index in [9.17, 15) is 18.0 Å². The van der Waals surface area contributed by atoms with Crippen LogP contribution >= 0.6 is 11.6 Å². The second-order valence-corrected chi connectivity index (χ2v) is 11.2. The summed E-state index contributed by atoms with van der Waals surface area (Å²) in [6, 6.07) is 11.2. The Morgan fingerprint density at radius 3 is 2.37 bits per heavy atom. The maximum Gasteiger partial charge on any atom is 0.244 e. The summed E-state index contributed by atoms with van der Waals surface area (Å²) in [6.45, 7) is 7.34. The number of hydrogen-bond donors (Lipinski definition) is 1. The molecule has 2 rings (SSSR count). The van der Waals surface area contributed by atoms with Crippen LogP contribution in [0.4, 0.5) is 5.69 Å². The summed E-state index contributed by atoms with van der Waals surface area (Å²) >= 11 is 6.21. The number of hydrogen-bond acceptors (Lipinski definition) is 5. The fraction of sp³-hybridized carbons (Fsp3) is 0.440. The van der Waals surface area contributed by atoms with Gasteiger partial charge < -0.3 is 15.0 Å². The van der Waals surface area contributed by atoms with Crippen molar-refractivity contribution in [2.24, 2.45) is 5.92 Å². The Morgan fingerprint density at radius 1 is 1.11 bits per heavy atom. The van der Waals surface area contributed by atoms with Gasteiger partial charge in [-0.2, -0.15) is 0 Å². The number of nitrogens with zero attached hydrogens (tertiary/aromatic N) is 2. The Morgan fingerprint density at radius 2 is 1.77 bits per heavy atom. The van der Waals surface area contributed by atoms with Crippen LogP contribution in [0.1, 0.15) is 31.9 Å². The molecule has 0 unspecified atom stereocenters. The molecule has 10 heteroatoms. The first kappa shape index (κ1) is 28.5. The number of ether oxygens (including phenoxy) is 1. The first-order valence-corrected chi connectivity index (χ1v) is 13.5. The third-order valence-corrected chi connectivity index (χ3v) is 7.06. The average Bonchev–Trinajstić information content (AvgIpc) is 2.80. The largest absolute Gasteiger partial charge is 0.497 e. The standard InChI is InChI=1S/C25H34ClN3O5S/c1-17(2)14-27-25(31)19(4)28(15-20-9-7-10-21(13-20)34-5)24(30)16-29(35(6,32)33)23-12-8-11-22(26)18(23)3/h7-13,17,19H,14-16H2,1-6H3,(H,27,31)/t19-/m1/s1. The number of amides is 2. The van der Waals surface area contributed by atoms with Gasteiger partial charge in [0.25, 0.3) is 0 Å². The number of carbonyl (C=O) groups excluding carboxylic acids is 2. The lowest BCUT2D eigenvalue weighted by molar-refractivity contribution is -0.139. The molecule has 0 saturated carbocycles. The zero-order valence-electron chi connectivity index (χ0n) is 21.0. The minimum atomic E-state index is -3.83. The molecule has 0 saturated heterocycles. The molecule has 8 nitrogen and oxygen atoms in total. The highest BCUT2D eigenvalue weighted by molar-refractivity contribution is 7.92. The number of carbonyl (C=O) groups is 2. The van der Waals surface area contributed by atoms with Crippen LogP contribution in [0.3, 0.4) is 0 Å². The van der Waals surface area contributed by atoms with Gasteiger partial charge in [-0.25, -0.2) is 8.42 Å². The van der Waals surface area contributed by atoms with Crippen molar-refractivity contribution in [2.45, 2.75) is 40.3 Å². The number of anilines is 1. The summed E-state index contributed by atoms with van der Waals surface area (Å²) in [4.78, 5) is 27.8. The smallest absolute Gasteiger partial charge is 0.244 e. The molecule has 0 aliphatic heterocycles. The van der Waals surface area contributed by atoms with Crippen molar-refractivity contribution in [2.75, 3.05) is 30.8 Å². The zero-order valence-corrected chi connectivity index (χ0v) is 22.6. The number of sulfonamides is 1. The Kier molecular flexibility index (Phi) is 9.97. The SMILES string of the molecule is COc1cccc(CN(C(=O)CN(c2cccc(Cl)c2C)S(C)(=O)=O)[C@H](C)C(=O)NCC(C)C)c1. The van der Waals surface area contributed by atoms with Crippen molar-refractivity contribution in [1.29, 1.82) is 0 Å². The van der Waals surface area contributed by atoms with Crippen molar-refractivity contribution in [3.63, 3.8) is 0 Å². The van der Waals surface area contributed by atoms with Crippen LogP contribution in [-0.4, -0.2) is 57.6 Å². The first-order chi connectivity index (χ1) is 16.3. The minimum absolute atomic E-state index is 0.0957. The second kappa shape index (κ2) is 12.3. The molecule has 1 N–H and O–H groups in total. The Hall–Kier alpha value is -2.78. The summed E-state index contributed by atoms with van der Waals surface area (Å²) in [5, 5.41) is 3.24. The fourth-order valence-electron chi connectivity index (χ4n) is 3.46. The molecule has 35 heavy (non-hydrogen) atoms. The lowest BCUT2D eigenvalue weighted by atomic mass is 10.1. The Bertz CT molecular complexity index is 1150. The number of benzene rings is 2. The highest BCUT2D eigenvalue weighted by Gasteiger charge is 2.30. The van der Waals surface area contributed by atoms with Crippen molar-refractivity contribution in [3.8, 4) is 5.75 Å². The molecule has 0 heterocycles. The predicted molar refractivity (Wildman–Crippen MR) is 139 cm³/mol. The van der Waals surface area contributed by atoms with Gasteiger partial charge in [-0.1, -0.05) is 43.6 Å². The molecule has 0 bridgehead atoms. The molecule has 2 aromatic rings. The van der Waals surface area contributed by atoms with Crippen LogP contribution in [0.5, 0.6) is 5.75 Å². The monoisotopic (exact) mass is 523 g/mol. The number of methoxy groups -OCH3 is 1. The van der Waals surface area contributed by atoms with Gasteiger partial charge >= 0.3 is 0 Å². The third kappa shape index (κ3) is 7.86. The van der Waals surface area contributed by atoms with E-state index in [2.05, 4.69) is 5.32 Å². The highest BCUT2D eigenvalue weighted by atomic mass is 35.5. The molecule has 0 fully saturated rings. The van der Waals surface area contributed by atoms with Crippen molar-refractivity contribution < 1.29 is 22.7 Å². The maximum absolute atomic E-state index is 13.6. The number of halogens is 1. The molecule has 2 aromatic carbocycles. The predicted octanol–water partition coefficient (Wildman–Crippen LogP) is 3.61. The van der Waals surface area contributed by atoms with Crippen LogP contribution in [0.15, 0.2) is 42.5 Å². The van der Waals surface area contributed by atoms with E-state index in [0.717, 1.165) is 16.1 Å². The summed E-state index contributed by atoms with van der Waals surface area (Å²) in [6.07, 6.45) is 1.03. The van der Waals surface area contributed by atoms with E-state index < -0.39 is 28.5 Å². The van der Waals surface area contributed by atoms with E-state index in [1.807, 2.05) is 19.9 Å². The molecule has 0 aromatic heterocycles. The normalized spacial score (nSPS) is 12.2. The van der Waals surface area contributed by atoms with E-state index in [1.54, 1.807) is 57.4 Å². The number of nitrogens with one attached hydrogen (secondary N) is 1. The maximum atomic E-state index is 13.6. The molecule has 0 spiro atoms. The van der Waals surface area contributed by atoms with Gasteiger partial charge in [0, 0.05) is 18.1 Å².